The van der Waals surface area contributed by atoms with Crippen LogP contribution < -0.4 is 24.4 Å². The zero-order valence-corrected chi connectivity index (χ0v) is 22.9. The predicted molar refractivity (Wildman–Crippen MR) is 151 cm³/mol. The van der Waals surface area contributed by atoms with E-state index in [4.69, 9.17) is 18.9 Å². The molecule has 4 rings (SSSR count). The highest BCUT2D eigenvalue weighted by atomic mass is 32.2. The third-order valence-electron chi connectivity index (χ3n) is 5.50. The highest BCUT2D eigenvalue weighted by molar-refractivity contribution is 7.99. The minimum absolute atomic E-state index is 0.0842. The Hall–Kier alpha value is -4.51. The average molecular weight is 548 g/mol. The van der Waals surface area contributed by atoms with Crippen molar-refractivity contribution in [2.24, 2.45) is 5.10 Å². The van der Waals surface area contributed by atoms with Gasteiger partial charge in [-0.3, -0.25) is 9.36 Å². The number of methoxy groups -OCH3 is 3. The van der Waals surface area contributed by atoms with Crippen LogP contribution in [0.2, 0.25) is 0 Å². The fourth-order valence-electron chi connectivity index (χ4n) is 3.73. The predicted octanol–water partition coefficient (Wildman–Crippen LogP) is 4.60. The molecular formula is C28H29N5O5S. The first-order valence-electron chi connectivity index (χ1n) is 12.1. The van der Waals surface area contributed by atoms with E-state index in [9.17, 15) is 4.79 Å². The Morgan fingerprint density at radius 2 is 1.67 bits per heavy atom. The number of nitrogens with zero attached hydrogens (tertiary/aromatic N) is 4. The number of carbonyl (C=O) groups excluding carboxylic acids is 1. The van der Waals surface area contributed by atoms with Gasteiger partial charge in [0.1, 0.15) is 5.75 Å². The van der Waals surface area contributed by atoms with E-state index in [-0.39, 0.29) is 11.7 Å². The van der Waals surface area contributed by atoms with Crippen molar-refractivity contribution in [1.82, 2.24) is 20.2 Å². The van der Waals surface area contributed by atoms with Crippen LogP contribution in [-0.2, 0) is 4.79 Å². The molecule has 10 nitrogen and oxygen atoms in total. The quantitative estimate of drug-likeness (QED) is 0.156. The van der Waals surface area contributed by atoms with Gasteiger partial charge in [-0.25, -0.2) is 5.43 Å². The summed E-state index contributed by atoms with van der Waals surface area (Å²) < 4.78 is 23.8. The Labute approximate surface area is 231 Å². The van der Waals surface area contributed by atoms with Crippen LogP contribution in [-0.4, -0.2) is 60.6 Å². The summed E-state index contributed by atoms with van der Waals surface area (Å²) in [5.74, 6) is 2.61. The number of hydrazone groups is 1. The SMILES string of the molecule is CCOc1ccc(/C=N\NC(=O)CSc2nnc(-c3cc(OC)c(OC)c(OC)c3)n2-c2ccccc2)cc1. The summed E-state index contributed by atoms with van der Waals surface area (Å²) in [6.07, 6.45) is 1.58. The standard InChI is InChI=1S/C28H29N5O5S/c1-5-38-22-13-11-19(12-14-22)17-29-30-25(34)18-39-28-32-31-27(33(28)21-9-7-6-8-10-21)20-15-23(35-2)26(37-4)24(16-20)36-3/h6-17H,5,18H2,1-4H3,(H,30,34)/b29-17-. The lowest BCUT2D eigenvalue weighted by atomic mass is 10.1. The first kappa shape index (κ1) is 27.5. The van der Waals surface area contributed by atoms with Gasteiger partial charge >= 0.3 is 0 Å². The monoisotopic (exact) mass is 547 g/mol. The lowest BCUT2D eigenvalue weighted by Gasteiger charge is -2.15. The van der Waals surface area contributed by atoms with Gasteiger partial charge in [-0.1, -0.05) is 30.0 Å². The zero-order chi connectivity index (χ0) is 27.6. The molecule has 0 aliphatic rings. The van der Waals surface area contributed by atoms with E-state index in [1.54, 1.807) is 27.5 Å². The van der Waals surface area contributed by atoms with Crippen molar-refractivity contribution in [1.29, 1.82) is 0 Å². The summed E-state index contributed by atoms with van der Waals surface area (Å²) in [6.45, 7) is 2.53. The van der Waals surface area contributed by atoms with Gasteiger partial charge in [-0.15, -0.1) is 10.2 Å². The van der Waals surface area contributed by atoms with Crippen LogP contribution >= 0.6 is 11.8 Å². The molecule has 0 atom stereocenters. The number of benzene rings is 3. The van der Waals surface area contributed by atoms with Crippen LogP contribution in [0.25, 0.3) is 17.1 Å². The third-order valence-corrected chi connectivity index (χ3v) is 6.43. The Morgan fingerprint density at radius 3 is 2.28 bits per heavy atom. The fraction of sp³-hybridized carbons (Fsp3) is 0.214. The zero-order valence-electron chi connectivity index (χ0n) is 22.1. The average Bonchev–Trinajstić information content (AvgIpc) is 3.40. The Morgan fingerprint density at radius 1 is 0.974 bits per heavy atom. The molecule has 11 heteroatoms. The Kier molecular flexibility index (Phi) is 9.41. The number of amides is 1. The van der Waals surface area contributed by atoms with Gasteiger partial charge in [0.05, 0.1) is 39.9 Å². The van der Waals surface area contributed by atoms with Gasteiger partial charge in [0.15, 0.2) is 22.5 Å². The topological polar surface area (TPSA) is 109 Å². The first-order valence-corrected chi connectivity index (χ1v) is 13.0. The lowest BCUT2D eigenvalue weighted by Crippen LogP contribution is -2.20. The van der Waals surface area contributed by atoms with Crippen LogP contribution in [0.15, 0.2) is 77.0 Å². The molecule has 1 aromatic heterocycles. The molecule has 0 aliphatic heterocycles. The second-order valence-corrected chi connectivity index (χ2v) is 8.92. The molecule has 1 amide bonds. The van der Waals surface area contributed by atoms with Crippen molar-refractivity contribution < 1.29 is 23.7 Å². The molecule has 1 N–H and O–H groups in total. The highest BCUT2D eigenvalue weighted by Gasteiger charge is 2.21. The van der Waals surface area contributed by atoms with Crippen molar-refractivity contribution in [3.05, 3.63) is 72.3 Å². The van der Waals surface area contributed by atoms with Gasteiger partial charge in [-0.05, 0) is 61.0 Å². The van der Waals surface area contributed by atoms with E-state index in [0.717, 1.165) is 17.0 Å². The normalized spacial score (nSPS) is 10.9. The van der Waals surface area contributed by atoms with Gasteiger partial charge < -0.3 is 18.9 Å². The maximum absolute atomic E-state index is 12.5. The molecule has 1 heterocycles. The molecule has 202 valence electrons. The number of carbonyl (C=O) groups is 1. The molecule has 0 radical (unpaired) electrons. The summed E-state index contributed by atoms with van der Waals surface area (Å²) in [5, 5.41) is 13.4. The Bertz CT molecular complexity index is 1400. The van der Waals surface area contributed by atoms with Crippen molar-refractivity contribution in [2.45, 2.75) is 12.1 Å². The summed E-state index contributed by atoms with van der Waals surface area (Å²) in [7, 11) is 4.66. The number of hydrogen-bond donors (Lipinski definition) is 1. The van der Waals surface area contributed by atoms with Crippen molar-refractivity contribution in [2.75, 3.05) is 33.7 Å². The van der Waals surface area contributed by atoms with Gasteiger partial charge in [0, 0.05) is 11.3 Å². The molecule has 0 saturated carbocycles. The fourth-order valence-corrected chi connectivity index (χ4v) is 4.47. The molecule has 39 heavy (non-hydrogen) atoms. The molecule has 0 saturated heterocycles. The lowest BCUT2D eigenvalue weighted by molar-refractivity contribution is -0.118. The molecule has 0 bridgehead atoms. The van der Waals surface area contributed by atoms with Crippen LogP contribution in [0.1, 0.15) is 12.5 Å². The number of aromatic nitrogens is 3. The number of rotatable bonds is 12. The molecule has 0 spiro atoms. The summed E-state index contributed by atoms with van der Waals surface area (Å²) in [5.41, 5.74) is 4.94. The van der Waals surface area contributed by atoms with Gasteiger partial charge in [0.2, 0.25) is 5.75 Å². The van der Waals surface area contributed by atoms with Crippen LogP contribution in [0, 0.1) is 0 Å². The number of hydrogen-bond acceptors (Lipinski definition) is 9. The number of thioether (sulfide) groups is 1. The first-order chi connectivity index (χ1) is 19.1. The minimum atomic E-state index is -0.279. The Balaban J connectivity index is 1.54. The summed E-state index contributed by atoms with van der Waals surface area (Å²) in [4.78, 5) is 12.5. The molecule has 0 fully saturated rings. The smallest absolute Gasteiger partial charge is 0.250 e. The summed E-state index contributed by atoms with van der Waals surface area (Å²) in [6, 6.07) is 20.7. The van der Waals surface area contributed by atoms with Gasteiger partial charge in [-0.2, -0.15) is 5.10 Å². The maximum atomic E-state index is 12.5. The minimum Gasteiger partial charge on any atom is -0.494 e. The number of nitrogens with one attached hydrogen (secondary N) is 1. The van der Waals surface area contributed by atoms with E-state index < -0.39 is 0 Å². The van der Waals surface area contributed by atoms with Crippen LogP contribution in [0.3, 0.4) is 0 Å². The van der Waals surface area contributed by atoms with E-state index in [1.807, 2.05) is 78.2 Å². The second-order valence-electron chi connectivity index (χ2n) is 7.98. The number of ether oxygens (including phenoxy) is 4. The number of para-hydroxylation sites is 1. The van der Waals surface area contributed by atoms with Crippen LogP contribution in [0.4, 0.5) is 0 Å². The van der Waals surface area contributed by atoms with E-state index in [2.05, 4.69) is 20.7 Å². The second kappa shape index (κ2) is 13.3. The van der Waals surface area contributed by atoms with Crippen molar-refractivity contribution >= 4 is 23.9 Å². The largest absolute Gasteiger partial charge is 0.494 e. The highest BCUT2D eigenvalue weighted by Crippen LogP contribution is 2.41. The molecular weight excluding hydrogens is 518 g/mol. The molecule has 4 aromatic rings. The molecule has 0 unspecified atom stereocenters. The van der Waals surface area contributed by atoms with E-state index >= 15 is 0 Å². The van der Waals surface area contributed by atoms with E-state index in [1.165, 1.54) is 11.8 Å². The van der Waals surface area contributed by atoms with Crippen molar-refractivity contribution in [3.8, 4) is 40.1 Å². The molecule has 3 aromatic carbocycles. The van der Waals surface area contributed by atoms with E-state index in [0.29, 0.717) is 40.4 Å². The third kappa shape index (κ3) is 6.68. The van der Waals surface area contributed by atoms with Gasteiger partial charge in [0.25, 0.3) is 5.91 Å². The van der Waals surface area contributed by atoms with Crippen LogP contribution in [0.5, 0.6) is 23.0 Å². The van der Waals surface area contributed by atoms with Crippen molar-refractivity contribution in [3.63, 3.8) is 0 Å². The maximum Gasteiger partial charge on any atom is 0.250 e. The summed E-state index contributed by atoms with van der Waals surface area (Å²) >= 11 is 1.25. The molecule has 0 aliphatic carbocycles.